The second kappa shape index (κ2) is 3.47. The normalized spacial score (nSPS) is 9.64. The predicted molar refractivity (Wildman–Crippen MR) is 40.4 cm³/mol. The number of nitrogens with one attached hydrogen (secondary N) is 1. The van der Waals surface area contributed by atoms with Crippen LogP contribution in [0, 0.1) is 0 Å². The van der Waals surface area contributed by atoms with Gasteiger partial charge in [-0.25, -0.2) is 9.78 Å². The molecule has 1 rings (SSSR count). The molecule has 1 heterocycles. The average Bonchev–Trinajstić information content (AvgIpc) is 2.50. The molecule has 0 bridgehead atoms. The summed E-state index contributed by atoms with van der Waals surface area (Å²) in [6.45, 7) is 0. The number of hydrogen-bond donors (Lipinski definition) is 1. The first-order valence-corrected chi connectivity index (χ1v) is 3.95. The van der Waals surface area contributed by atoms with Gasteiger partial charge in [0.25, 0.3) is 5.82 Å². The number of aromatic nitrogens is 3. The Morgan fingerprint density at radius 3 is 3.00 bits per heavy atom. The van der Waals surface area contributed by atoms with E-state index in [-0.39, 0.29) is 5.82 Å². The van der Waals surface area contributed by atoms with Crippen molar-refractivity contribution < 1.29 is 9.53 Å². The van der Waals surface area contributed by atoms with Gasteiger partial charge in [0.1, 0.15) is 5.82 Å². The molecule has 0 saturated carbocycles. The minimum Gasteiger partial charge on any atom is -0.463 e. The average molecular weight is 220 g/mol. The van der Waals surface area contributed by atoms with E-state index in [0.29, 0.717) is 11.2 Å². The molecule has 0 unspecified atom stereocenters. The molecule has 0 aliphatic rings. The highest BCUT2D eigenvalue weighted by Gasteiger charge is 2.10. The van der Waals surface area contributed by atoms with Crippen LogP contribution in [0.25, 0.3) is 0 Å². The topological polar surface area (TPSA) is 67.9 Å². The Morgan fingerprint density at radius 1 is 1.82 bits per heavy atom. The van der Waals surface area contributed by atoms with Crippen molar-refractivity contribution in [1.29, 1.82) is 0 Å². The van der Waals surface area contributed by atoms with Crippen LogP contribution in [0.1, 0.15) is 16.4 Å². The summed E-state index contributed by atoms with van der Waals surface area (Å²) >= 11 is 3.16. The van der Waals surface area contributed by atoms with Crippen LogP contribution in [0.15, 0.2) is 0 Å². The number of hydrogen-bond acceptors (Lipinski definition) is 4. The van der Waals surface area contributed by atoms with Crippen LogP contribution in [0.2, 0.25) is 0 Å². The first-order chi connectivity index (χ1) is 5.27. The number of aromatic amines is 1. The lowest BCUT2D eigenvalue weighted by Crippen LogP contribution is -2.03. The Bertz CT molecular complexity index is 260. The summed E-state index contributed by atoms with van der Waals surface area (Å²) in [6.07, 6.45) is 0. The van der Waals surface area contributed by atoms with Gasteiger partial charge in [0.15, 0.2) is 0 Å². The van der Waals surface area contributed by atoms with E-state index in [1.165, 1.54) is 7.11 Å². The first-order valence-electron chi connectivity index (χ1n) is 2.83. The largest absolute Gasteiger partial charge is 0.463 e. The summed E-state index contributed by atoms with van der Waals surface area (Å²) in [4.78, 5) is 14.6. The maximum Gasteiger partial charge on any atom is 0.377 e. The molecular weight excluding hydrogens is 214 g/mol. The number of ether oxygens (including phenoxy) is 1. The zero-order valence-electron chi connectivity index (χ0n) is 5.80. The number of rotatable bonds is 2. The van der Waals surface area contributed by atoms with Crippen molar-refractivity contribution in [2.75, 3.05) is 7.11 Å². The summed E-state index contributed by atoms with van der Waals surface area (Å²) in [5.74, 6) is 0.126. The molecule has 6 heteroatoms. The molecular formula is C5H6BrN3O2. The van der Waals surface area contributed by atoms with E-state index in [1.807, 2.05) is 0 Å². The van der Waals surface area contributed by atoms with Crippen LogP contribution in [0.5, 0.6) is 0 Å². The van der Waals surface area contributed by atoms with E-state index in [1.54, 1.807) is 0 Å². The Hall–Kier alpha value is -0.910. The van der Waals surface area contributed by atoms with E-state index in [0.717, 1.165) is 0 Å². The van der Waals surface area contributed by atoms with Crippen molar-refractivity contribution in [3.05, 3.63) is 11.6 Å². The van der Waals surface area contributed by atoms with Gasteiger partial charge in [0.05, 0.1) is 12.4 Å². The van der Waals surface area contributed by atoms with Crippen LogP contribution in [-0.4, -0.2) is 28.3 Å². The fourth-order valence-electron chi connectivity index (χ4n) is 0.538. The molecule has 60 valence electrons. The zero-order chi connectivity index (χ0) is 8.27. The molecule has 0 atom stereocenters. The standard InChI is InChI=1S/C5H6BrN3O2/c1-11-5(10)4-7-3(2-6)8-9-4/h2H2,1H3,(H,7,8,9). The molecule has 0 aliphatic carbocycles. The molecule has 1 aromatic rings. The highest BCUT2D eigenvalue weighted by atomic mass is 79.9. The monoisotopic (exact) mass is 219 g/mol. The molecule has 0 amide bonds. The third-order valence-electron chi connectivity index (χ3n) is 1.03. The second-order valence-electron chi connectivity index (χ2n) is 1.73. The highest BCUT2D eigenvalue weighted by molar-refractivity contribution is 9.08. The number of H-pyrrole nitrogens is 1. The van der Waals surface area contributed by atoms with Crippen molar-refractivity contribution in [2.24, 2.45) is 0 Å². The third-order valence-corrected chi connectivity index (χ3v) is 1.56. The summed E-state index contributed by atoms with van der Waals surface area (Å²) < 4.78 is 4.39. The predicted octanol–water partition coefficient (Wildman–Crippen LogP) is 0.486. The van der Waals surface area contributed by atoms with Gasteiger partial charge in [-0.15, -0.1) is 5.10 Å². The lowest BCUT2D eigenvalue weighted by molar-refractivity contribution is 0.0587. The number of alkyl halides is 1. The molecule has 0 saturated heterocycles. The van der Waals surface area contributed by atoms with Crippen LogP contribution < -0.4 is 0 Å². The minimum absolute atomic E-state index is 0.0574. The van der Waals surface area contributed by atoms with E-state index in [9.17, 15) is 4.79 Å². The molecule has 5 nitrogen and oxygen atoms in total. The number of esters is 1. The zero-order valence-corrected chi connectivity index (χ0v) is 7.38. The van der Waals surface area contributed by atoms with Crippen LogP contribution in [-0.2, 0) is 10.1 Å². The summed E-state index contributed by atoms with van der Waals surface area (Å²) in [6, 6.07) is 0. The Labute approximate surface area is 71.3 Å². The van der Waals surface area contributed by atoms with Gasteiger partial charge in [-0.2, -0.15) is 0 Å². The van der Waals surface area contributed by atoms with Gasteiger partial charge in [-0.3, -0.25) is 5.10 Å². The van der Waals surface area contributed by atoms with Gasteiger partial charge in [-0.1, -0.05) is 15.9 Å². The van der Waals surface area contributed by atoms with Crippen molar-refractivity contribution in [1.82, 2.24) is 15.2 Å². The minimum atomic E-state index is -0.534. The van der Waals surface area contributed by atoms with Gasteiger partial charge < -0.3 is 4.74 Å². The van der Waals surface area contributed by atoms with Crippen molar-refractivity contribution in [3.8, 4) is 0 Å². The van der Waals surface area contributed by atoms with E-state index in [4.69, 9.17) is 0 Å². The Balaban J connectivity index is 2.80. The molecule has 1 N–H and O–H groups in total. The lowest BCUT2D eigenvalue weighted by atomic mass is 10.6. The quantitative estimate of drug-likeness (QED) is 0.581. The maximum atomic E-state index is 10.8. The molecule has 0 radical (unpaired) electrons. The number of methoxy groups -OCH3 is 1. The van der Waals surface area contributed by atoms with Gasteiger partial charge in [0.2, 0.25) is 0 Å². The SMILES string of the molecule is COC(=O)c1n[nH]c(CBr)n1. The fraction of sp³-hybridized carbons (Fsp3) is 0.400. The number of halogens is 1. The van der Waals surface area contributed by atoms with Crippen molar-refractivity contribution >= 4 is 21.9 Å². The first kappa shape index (κ1) is 8.19. The third kappa shape index (κ3) is 1.76. The molecule has 1 aromatic heterocycles. The van der Waals surface area contributed by atoms with Crippen LogP contribution in [0.3, 0.4) is 0 Å². The van der Waals surface area contributed by atoms with E-state index in [2.05, 4.69) is 35.8 Å². The summed E-state index contributed by atoms with van der Waals surface area (Å²) in [5.41, 5.74) is 0. The Kier molecular flexibility index (Phi) is 2.58. The highest BCUT2D eigenvalue weighted by Crippen LogP contribution is 1.98. The Morgan fingerprint density at radius 2 is 2.55 bits per heavy atom. The molecule has 0 aromatic carbocycles. The maximum absolute atomic E-state index is 10.8. The molecule has 0 spiro atoms. The van der Waals surface area contributed by atoms with Crippen molar-refractivity contribution in [2.45, 2.75) is 5.33 Å². The van der Waals surface area contributed by atoms with E-state index >= 15 is 0 Å². The number of carbonyl (C=O) groups is 1. The van der Waals surface area contributed by atoms with Gasteiger partial charge >= 0.3 is 5.97 Å². The summed E-state index contributed by atoms with van der Waals surface area (Å²) in [7, 11) is 1.28. The van der Waals surface area contributed by atoms with Gasteiger partial charge in [0, 0.05) is 0 Å². The summed E-state index contributed by atoms with van der Waals surface area (Å²) in [5, 5.41) is 6.72. The van der Waals surface area contributed by atoms with E-state index < -0.39 is 5.97 Å². The molecule has 11 heavy (non-hydrogen) atoms. The van der Waals surface area contributed by atoms with Crippen LogP contribution in [0.4, 0.5) is 0 Å². The number of carbonyl (C=O) groups excluding carboxylic acids is 1. The lowest BCUT2D eigenvalue weighted by Gasteiger charge is -1.88. The molecule has 0 fully saturated rings. The second-order valence-corrected chi connectivity index (χ2v) is 2.29. The van der Waals surface area contributed by atoms with Crippen LogP contribution >= 0.6 is 15.9 Å². The number of nitrogens with zero attached hydrogens (tertiary/aromatic N) is 2. The smallest absolute Gasteiger partial charge is 0.377 e. The van der Waals surface area contributed by atoms with Gasteiger partial charge in [-0.05, 0) is 0 Å². The molecule has 0 aliphatic heterocycles. The van der Waals surface area contributed by atoms with Crippen molar-refractivity contribution in [3.63, 3.8) is 0 Å². The fourth-order valence-corrected chi connectivity index (χ4v) is 0.788.